The summed E-state index contributed by atoms with van der Waals surface area (Å²) in [6.07, 6.45) is 5.52. The maximum Gasteiger partial charge on any atom is 0.319 e. The molecule has 41 heavy (non-hydrogen) atoms. The molecule has 2 aliphatic carbocycles. The van der Waals surface area contributed by atoms with Crippen LogP contribution in [0.25, 0.3) is 5.57 Å². The first kappa shape index (κ1) is 24.4. The Labute approximate surface area is 239 Å². The van der Waals surface area contributed by atoms with Gasteiger partial charge in [-0.05, 0) is 73.1 Å². The van der Waals surface area contributed by atoms with Crippen LogP contribution in [0.5, 0.6) is 17.2 Å². The summed E-state index contributed by atoms with van der Waals surface area (Å²) < 4.78 is 16.9. The molecule has 4 heterocycles. The van der Waals surface area contributed by atoms with E-state index in [1.54, 1.807) is 0 Å². The van der Waals surface area contributed by atoms with E-state index in [0.717, 1.165) is 52.8 Å². The van der Waals surface area contributed by atoms with Gasteiger partial charge in [0.25, 0.3) is 0 Å². The highest BCUT2D eigenvalue weighted by molar-refractivity contribution is 7.17. The molecule has 0 spiro atoms. The number of allylic oxidation sites excluding steroid dienone is 1. The van der Waals surface area contributed by atoms with Crippen LogP contribution in [-0.4, -0.2) is 24.6 Å². The Morgan fingerprint density at radius 1 is 0.951 bits per heavy atom. The van der Waals surface area contributed by atoms with Crippen LogP contribution in [0, 0.1) is 36.0 Å². The monoisotopic (exact) mass is 564 g/mol. The zero-order valence-corrected chi connectivity index (χ0v) is 23.0. The summed E-state index contributed by atoms with van der Waals surface area (Å²) >= 11 is 1.36. The molecule has 8 rings (SSSR count). The molecule has 1 fully saturated rings. The normalized spacial score (nSPS) is 25.5. The second-order valence-corrected chi connectivity index (χ2v) is 12.3. The maximum atomic E-state index is 14.4. The summed E-state index contributed by atoms with van der Waals surface area (Å²) in [5.74, 6) is -3.00. The van der Waals surface area contributed by atoms with E-state index in [2.05, 4.69) is 6.07 Å². The molecular formula is C32H24N2O6S. The molecule has 0 saturated carbocycles. The number of amides is 2. The zero-order valence-electron chi connectivity index (χ0n) is 22.1. The van der Waals surface area contributed by atoms with Gasteiger partial charge in [0.1, 0.15) is 16.8 Å². The standard InChI is InChI=1S/C32H24N2O6S/c1-15-6-8-17-20-12-19(16-7-9-22-24(11-16)39-14-38-22)26-28(27(20)32(37)40-23(17)10-15)30(36)34(29(26)35)31-21(13-33)18-4-2-3-5-25(18)41-31/h6-12,19,26-28H,2-5,14H2,1H3/t19-,26-,27-,28-/m1/s1. The number of thiophene rings is 1. The van der Waals surface area contributed by atoms with Gasteiger partial charge in [-0.15, -0.1) is 11.3 Å². The number of anilines is 1. The number of benzene rings is 2. The molecule has 0 radical (unpaired) electrons. The number of rotatable bonds is 2. The number of nitrogens with zero attached hydrogens (tertiary/aromatic N) is 2. The molecule has 8 nitrogen and oxygen atoms in total. The summed E-state index contributed by atoms with van der Waals surface area (Å²) in [6, 6.07) is 13.5. The van der Waals surface area contributed by atoms with Crippen LogP contribution < -0.4 is 19.1 Å². The highest BCUT2D eigenvalue weighted by atomic mass is 32.1. The van der Waals surface area contributed by atoms with Crippen molar-refractivity contribution >= 4 is 39.7 Å². The molecule has 0 bridgehead atoms. The second kappa shape index (κ2) is 8.79. The quantitative estimate of drug-likeness (QED) is 0.243. The number of ether oxygens (including phenoxy) is 3. The molecule has 4 atom stereocenters. The molecule has 2 amide bonds. The van der Waals surface area contributed by atoms with E-state index in [9.17, 15) is 19.6 Å². The Kier molecular flexibility index (Phi) is 5.23. The lowest BCUT2D eigenvalue weighted by atomic mass is 9.64. The van der Waals surface area contributed by atoms with Crippen LogP contribution in [0.1, 0.15) is 51.5 Å². The number of fused-ring (bicyclic) bond motifs is 7. The molecule has 1 aromatic heterocycles. The van der Waals surface area contributed by atoms with E-state index in [4.69, 9.17) is 14.2 Å². The molecule has 0 N–H and O–H groups in total. The topological polar surface area (TPSA) is 106 Å². The molecule has 1 saturated heterocycles. The van der Waals surface area contributed by atoms with Crippen molar-refractivity contribution in [3.8, 4) is 23.3 Å². The van der Waals surface area contributed by atoms with E-state index in [1.165, 1.54) is 16.2 Å². The SMILES string of the molecule is Cc1ccc2c(c1)OC(=O)[C@@H]1C2=C[C@H](c2ccc3c(c2)OCO3)[C@H]2C(=O)N(c3sc4c(c3C#N)CCCC4)C(=O)[C@@H]12. The Morgan fingerprint density at radius 2 is 1.76 bits per heavy atom. The summed E-state index contributed by atoms with van der Waals surface area (Å²) in [5.41, 5.74) is 4.52. The molecular weight excluding hydrogens is 540 g/mol. The molecule has 0 unspecified atom stereocenters. The van der Waals surface area contributed by atoms with Gasteiger partial charge in [-0.2, -0.15) is 5.26 Å². The fraction of sp³-hybridized carbons (Fsp3) is 0.312. The van der Waals surface area contributed by atoms with E-state index in [0.29, 0.717) is 33.4 Å². The van der Waals surface area contributed by atoms with Crippen LogP contribution in [0.3, 0.4) is 0 Å². The summed E-state index contributed by atoms with van der Waals surface area (Å²) in [7, 11) is 0. The molecule has 2 aromatic carbocycles. The van der Waals surface area contributed by atoms with Gasteiger partial charge in [-0.25, -0.2) is 4.90 Å². The predicted octanol–water partition coefficient (Wildman–Crippen LogP) is 5.06. The Balaban J connectivity index is 1.32. The van der Waals surface area contributed by atoms with Gasteiger partial charge < -0.3 is 14.2 Å². The van der Waals surface area contributed by atoms with Crippen LogP contribution in [0.2, 0.25) is 0 Å². The van der Waals surface area contributed by atoms with Crippen molar-refractivity contribution in [1.82, 2.24) is 0 Å². The predicted molar refractivity (Wildman–Crippen MR) is 149 cm³/mol. The largest absolute Gasteiger partial charge is 0.454 e. The molecule has 5 aliphatic rings. The minimum absolute atomic E-state index is 0.114. The van der Waals surface area contributed by atoms with Crippen molar-refractivity contribution in [1.29, 1.82) is 5.26 Å². The maximum absolute atomic E-state index is 14.4. The number of hydrogen-bond donors (Lipinski definition) is 0. The number of carbonyl (C=O) groups is 3. The number of hydrogen-bond acceptors (Lipinski definition) is 8. The van der Waals surface area contributed by atoms with E-state index >= 15 is 0 Å². The first-order chi connectivity index (χ1) is 19.9. The zero-order chi connectivity index (χ0) is 28.0. The lowest BCUT2D eigenvalue weighted by Gasteiger charge is -2.38. The summed E-state index contributed by atoms with van der Waals surface area (Å²) in [6.45, 7) is 2.04. The average molecular weight is 565 g/mol. The van der Waals surface area contributed by atoms with Crippen molar-refractivity contribution < 1.29 is 28.6 Å². The van der Waals surface area contributed by atoms with Crippen molar-refractivity contribution in [3.05, 3.63) is 75.2 Å². The van der Waals surface area contributed by atoms with E-state index in [1.807, 2.05) is 49.4 Å². The highest BCUT2D eigenvalue weighted by Crippen LogP contribution is 2.56. The third-order valence-electron chi connectivity index (χ3n) is 9.00. The minimum atomic E-state index is -0.967. The van der Waals surface area contributed by atoms with Gasteiger partial charge in [0, 0.05) is 16.4 Å². The van der Waals surface area contributed by atoms with Gasteiger partial charge in [-0.1, -0.05) is 24.3 Å². The van der Waals surface area contributed by atoms with Crippen LogP contribution in [0.4, 0.5) is 5.00 Å². The Morgan fingerprint density at radius 3 is 2.61 bits per heavy atom. The fourth-order valence-electron chi connectivity index (χ4n) is 7.14. The third kappa shape index (κ3) is 3.40. The van der Waals surface area contributed by atoms with Gasteiger partial charge in [0.15, 0.2) is 11.5 Å². The summed E-state index contributed by atoms with van der Waals surface area (Å²) in [4.78, 5) is 44.6. The van der Waals surface area contributed by atoms with Crippen LogP contribution in [0.15, 0.2) is 42.5 Å². The van der Waals surface area contributed by atoms with E-state index < -0.39 is 41.5 Å². The van der Waals surface area contributed by atoms with Crippen LogP contribution >= 0.6 is 11.3 Å². The molecule has 3 aromatic rings. The fourth-order valence-corrected chi connectivity index (χ4v) is 8.49. The number of nitriles is 1. The smallest absolute Gasteiger partial charge is 0.319 e. The Hall–Kier alpha value is -4.42. The van der Waals surface area contributed by atoms with E-state index in [-0.39, 0.29) is 6.79 Å². The van der Waals surface area contributed by atoms with Crippen molar-refractivity contribution in [3.63, 3.8) is 0 Å². The van der Waals surface area contributed by atoms with Crippen LogP contribution in [-0.2, 0) is 27.2 Å². The van der Waals surface area contributed by atoms with Gasteiger partial charge in [0.2, 0.25) is 18.6 Å². The lowest BCUT2D eigenvalue weighted by molar-refractivity contribution is -0.142. The average Bonchev–Trinajstić information content (AvgIpc) is 3.66. The van der Waals surface area contributed by atoms with Gasteiger partial charge >= 0.3 is 5.97 Å². The Bertz CT molecular complexity index is 1780. The first-order valence-corrected chi connectivity index (χ1v) is 14.6. The molecule has 9 heteroatoms. The highest BCUT2D eigenvalue weighted by Gasteiger charge is 2.61. The van der Waals surface area contributed by atoms with Gasteiger partial charge in [-0.3, -0.25) is 14.4 Å². The molecule has 3 aliphatic heterocycles. The first-order valence-electron chi connectivity index (χ1n) is 13.8. The minimum Gasteiger partial charge on any atom is -0.454 e. The van der Waals surface area contributed by atoms with Crippen molar-refractivity contribution in [2.75, 3.05) is 11.7 Å². The number of aryl methyl sites for hydroxylation is 2. The summed E-state index contributed by atoms with van der Waals surface area (Å²) in [5, 5.41) is 10.5. The van der Waals surface area contributed by atoms with Crippen molar-refractivity contribution in [2.45, 2.75) is 38.5 Å². The van der Waals surface area contributed by atoms with Gasteiger partial charge in [0.05, 0.1) is 23.3 Å². The lowest BCUT2D eigenvalue weighted by Crippen LogP contribution is -2.42. The second-order valence-electron chi connectivity index (χ2n) is 11.2. The number of imide groups is 1. The number of esters is 1. The molecule has 204 valence electrons. The van der Waals surface area contributed by atoms with Crippen molar-refractivity contribution in [2.24, 2.45) is 17.8 Å². The third-order valence-corrected chi connectivity index (χ3v) is 10.3. The number of carbonyl (C=O) groups excluding carboxylic acids is 3.